The molecule has 0 bridgehead atoms. The molecule has 1 aromatic carbocycles. The van der Waals surface area contributed by atoms with Gasteiger partial charge in [-0.2, -0.15) is 0 Å². The average molecular weight is 295 g/mol. The summed E-state index contributed by atoms with van der Waals surface area (Å²) in [4.78, 5) is 2.35. The minimum Gasteiger partial charge on any atom is -0.374 e. The Morgan fingerprint density at radius 1 is 1.30 bits per heavy atom. The summed E-state index contributed by atoms with van der Waals surface area (Å²) in [7, 11) is 2.18. The monoisotopic (exact) mass is 294 g/mol. The number of anilines is 1. The van der Waals surface area contributed by atoms with Gasteiger partial charge in [-0.3, -0.25) is 0 Å². The zero-order valence-corrected chi connectivity index (χ0v) is 13.7. The van der Waals surface area contributed by atoms with Crippen LogP contribution in [0.25, 0.3) is 0 Å². The van der Waals surface area contributed by atoms with Crippen molar-refractivity contribution < 1.29 is 0 Å². The average Bonchev–Trinajstić information content (AvgIpc) is 2.89. The zero-order chi connectivity index (χ0) is 14.5. The Kier molecular flexibility index (Phi) is 5.74. The van der Waals surface area contributed by atoms with Crippen LogP contribution >= 0.6 is 11.6 Å². The molecule has 0 heterocycles. The second-order valence-corrected chi connectivity index (χ2v) is 6.75. The van der Waals surface area contributed by atoms with E-state index in [-0.39, 0.29) is 0 Å². The van der Waals surface area contributed by atoms with Crippen LogP contribution in [-0.2, 0) is 6.54 Å². The predicted molar refractivity (Wildman–Crippen MR) is 88.7 cm³/mol. The van der Waals surface area contributed by atoms with E-state index in [9.17, 15) is 0 Å². The van der Waals surface area contributed by atoms with Crippen LogP contribution in [-0.4, -0.2) is 19.6 Å². The number of nitrogens with one attached hydrogen (secondary N) is 1. The van der Waals surface area contributed by atoms with Gasteiger partial charge in [0, 0.05) is 36.9 Å². The van der Waals surface area contributed by atoms with Gasteiger partial charge in [-0.15, -0.1) is 0 Å². The van der Waals surface area contributed by atoms with Crippen LogP contribution in [0, 0.1) is 5.92 Å². The molecule has 112 valence electrons. The van der Waals surface area contributed by atoms with E-state index >= 15 is 0 Å². The molecule has 0 spiro atoms. The molecular formula is C17H27ClN2. The van der Waals surface area contributed by atoms with Crippen molar-refractivity contribution in [2.45, 2.75) is 52.1 Å². The van der Waals surface area contributed by atoms with Crippen LogP contribution in [0.5, 0.6) is 0 Å². The van der Waals surface area contributed by atoms with E-state index in [1.165, 1.54) is 36.9 Å². The molecule has 0 unspecified atom stereocenters. The standard InChI is InChI=1S/C17H27ClN2/c1-13(2)19-11-15-8-9-16(10-17(15)18)20(3)12-14-6-4-5-7-14/h8-10,13-14,19H,4-7,11-12H2,1-3H3. The van der Waals surface area contributed by atoms with Crippen LogP contribution < -0.4 is 10.2 Å². The molecule has 0 aliphatic heterocycles. The molecule has 1 aliphatic carbocycles. The highest BCUT2D eigenvalue weighted by Crippen LogP contribution is 2.28. The largest absolute Gasteiger partial charge is 0.374 e. The van der Waals surface area contributed by atoms with E-state index in [1.54, 1.807) is 0 Å². The normalized spacial score (nSPS) is 16.1. The van der Waals surface area contributed by atoms with Crippen LogP contribution in [0.4, 0.5) is 5.69 Å². The van der Waals surface area contributed by atoms with E-state index in [0.717, 1.165) is 24.0 Å². The van der Waals surface area contributed by atoms with Crippen LogP contribution in [0.15, 0.2) is 18.2 Å². The quantitative estimate of drug-likeness (QED) is 0.833. The Morgan fingerprint density at radius 2 is 2.00 bits per heavy atom. The Balaban J connectivity index is 1.96. The summed E-state index contributed by atoms with van der Waals surface area (Å²) >= 11 is 6.41. The molecule has 0 radical (unpaired) electrons. The Morgan fingerprint density at radius 3 is 2.60 bits per heavy atom. The minimum absolute atomic E-state index is 0.482. The maximum Gasteiger partial charge on any atom is 0.0471 e. The molecule has 1 fully saturated rings. The Hall–Kier alpha value is -0.730. The van der Waals surface area contributed by atoms with E-state index in [4.69, 9.17) is 11.6 Å². The number of halogens is 1. The third kappa shape index (κ3) is 4.39. The molecule has 0 saturated heterocycles. The summed E-state index contributed by atoms with van der Waals surface area (Å²) in [5.74, 6) is 0.862. The number of benzene rings is 1. The highest BCUT2D eigenvalue weighted by atomic mass is 35.5. The first kappa shape index (κ1) is 15.7. The van der Waals surface area contributed by atoms with Gasteiger partial charge in [0.1, 0.15) is 0 Å². The van der Waals surface area contributed by atoms with Crippen molar-refractivity contribution in [3.8, 4) is 0 Å². The Labute approximate surface area is 128 Å². The van der Waals surface area contributed by atoms with Gasteiger partial charge in [0.25, 0.3) is 0 Å². The second kappa shape index (κ2) is 7.33. The highest BCUT2D eigenvalue weighted by Gasteiger charge is 2.17. The molecule has 1 N–H and O–H groups in total. The molecule has 0 amide bonds. The minimum atomic E-state index is 0.482. The number of rotatable bonds is 6. The van der Waals surface area contributed by atoms with E-state index < -0.39 is 0 Å². The van der Waals surface area contributed by atoms with Crippen LogP contribution in [0.2, 0.25) is 5.02 Å². The van der Waals surface area contributed by atoms with E-state index in [0.29, 0.717) is 6.04 Å². The first-order valence-electron chi connectivity index (χ1n) is 7.79. The molecule has 2 rings (SSSR count). The van der Waals surface area contributed by atoms with Gasteiger partial charge in [0.05, 0.1) is 0 Å². The topological polar surface area (TPSA) is 15.3 Å². The van der Waals surface area contributed by atoms with Crippen molar-refractivity contribution in [1.29, 1.82) is 0 Å². The summed E-state index contributed by atoms with van der Waals surface area (Å²) in [5.41, 5.74) is 2.41. The smallest absolute Gasteiger partial charge is 0.0471 e. The first-order valence-corrected chi connectivity index (χ1v) is 8.17. The summed E-state index contributed by atoms with van der Waals surface area (Å²) in [6.07, 6.45) is 5.57. The third-order valence-electron chi connectivity index (χ3n) is 4.18. The lowest BCUT2D eigenvalue weighted by Crippen LogP contribution is -2.24. The fourth-order valence-corrected chi connectivity index (χ4v) is 3.16. The lowest BCUT2D eigenvalue weighted by Gasteiger charge is -2.24. The molecule has 20 heavy (non-hydrogen) atoms. The van der Waals surface area contributed by atoms with Gasteiger partial charge >= 0.3 is 0 Å². The number of nitrogens with zero attached hydrogens (tertiary/aromatic N) is 1. The fraction of sp³-hybridized carbons (Fsp3) is 0.647. The zero-order valence-electron chi connectivity index (χ0n) is 13.0. The second-order valence-electron chi connectivity index (χ2n) is 6.34. The van der Waals surface area contributed by atoms with E-state index in [1.807, 2.05) is 0 Å². The first-order chi connectivity index (χ1) is 9.56. The van der Waals surface area contributed by atoms with Crippen LogP contribution in [0.1, 0.15) is 45.1 Å². The Bertz CT molecular complexity index is 425. The maximum absolute atomic E-state index is 6.41. The summed E-state index contributed by atoms with van der Waals surface area (Å²) in [5, 5.41) is 4.28. The molecule has 0 aromatic heterocycles. The third-order valence-corrected chi connectivity index (χ3v) is 4.54. The van der Waals surface area contributed by atoms with Gasteiger partial charge in [0.2, 0.25) is 0 Å². The SMILES string of the molecule is CC(C)NCc1ccc(N(C)CC2CCCC2)cc1Cl. The predicted octanol–water partition coefficient (Wildman–Crippen LogP) is 4.46. The molecule has 0 atom stereocenters. The van der Waals surface area contributed by atoms with Gasteiger partial charge in [-0.05, 0) is 36.5 Å². The molecule has 2 nitrogen and oxygen atoms in total. The number of hydrogen-bond donors (Lipinski definition) is 1. The number of hydrogen-bond acceptors (Lipinski definition) is 2. The van der Waals surface area contributed by atoms with Gasteiger partial charge in [-0.1, -0.05) is 44.4 Å². The van der Waals surface area contributed by atoms with Gasteiger partial charge < -0.3 is 10.2 Å². The van der Waals surface area contributed by atoms with Crippen molar-refractivity contribution in [3.05, 3.63) is 28.8 Å². The van der Waals surface area contributed by atoms with Crippen LogP contribution in [0.3, 0.4) is 0 Å². The van der Waals surface area contributed by atoms with Crippen molar-refractivity contribution in [1.82, 2.24) is 5.32 Å². The van der Waals surface area contributed by atoms with Crippen molar-refractivity contribution in [2.75, 3.05) is 18.5 Å². The van der Waals surface area contributed by atoms with Crippen molar-refractivity contribution in [3.63, 3.8) is 0 Å². The molecule has 3 heteroatoms. The van der Waals surface area contributed by atoms with Crippen molar-refractivity contribution in [2.24, 2.45) is 5.92 Å². The highest BCUT2D eigenvalue weighted by molar-refractivity contribution is 6.31. The molecule has 1 aromatic rings. The summed E-state index contributed by atoms with van der Waals surface area (Å²) < 4.78 is 0. The molecular weight excluding hydrogens is 268 g/mol. The van der Waals surface area contributed by atoms with Gasteiger partial charge in [-0.25, -0.2) is 0 Å². The molecule has 1 saturated carbocycles. The lowest BCUT2D eigenvalue weighted by molar-refractivity contribution is 0.547. The maximum atomic E-state index is 6.41. The van der Waals surface area contributed by atoms with Crippen molar-refractivity contribution >= 4 is 17.3 Å². The van der Waals surface area contributed by atoms with E-state index in [2.05, 4.69) is 49.3 Å². The summed E-state index contributed by atoms with van der Waals surface area (Å²) in [6.45, 7) is 6.29. The molecule has 1 aliphatic rings. The lowest BCUT2D eigenvalue weighted by atomic mass is 10.1. The van der Waals surface area contributed by atoms with Gasteiger partial charge in [0.15, 0.2) is 0 Å². The fourth-order valence-electron chi connectivity index (χ4n) is 2.92. The summed E-state index contributed by atoms with van der Waals surface area (Å²) in [6, 6.07) is 6.93.